The molecule has 100 valence electrons. The number of amides is 1. The van der Waals surface area contributed by atoms with Gasteiger partial charge in [-0.25, -0.2) is 0 Å². The van der Waals surface area contributed by atoms with Gasteiger partial charge in [0.1, 0.15) is 0 Å². The second-order valence-corrected chi connectivity index (χ2v) is 5.09. The third kappa shape index (κ3) is 3.23. The van der Waals surface area contributed by atoms with Crippen LogP contribution in [-0.2, 0) is 18.4 Å². The quantitative estimate of drug-likeness (QED) is 0.758. The van der Waals surface area contributed by atoms with E-state index < -0.39 is 0 Å². The number of rotatable bonds is 6. The van der Waals surface area contributed by atoms with E-state index in [4.69, 9.17) is 11.6 Å². The first kappa shape index (κ1) is 13.4. The Morgan fingerprint density at radius 3 is 2.78 bits per heavy atom. The minimum atomic E-state index is 0.186. The molecule has 1 aromatic heterocycles. The number of nitrogens with one attached hydrogen (secondary N) is 2. The Morgan fingerprint density at radius 1 is 1.50 bits per heavy atom. The number of halogens is 1. The van der Waals surface area contributed by atoms with Crippen molar-refractivity contribution in [2.45, 2.75) is 26.3 Å². The number of carbonyl (C=O) groups excluding carboxylic acids is 1. The second-order valence-electron chi connectivity index (χ2n) is 4.71. The molecule has 1 heterocycles. The van der Waals surface area contributed by atoms with Crippen LogP contribution in [0.25, 0.3) is 0 Å². The van der Waals surface area contributed by atoms with E-state index in [1.165, 1.54) is 0 Å². The molecule has 1 fully saturated rings. The van der Waals surface area contributed by atoms with Crippen LogP contribution in [0.5, 0.6) is 0 Å². The lowest BCUT2D eigenvalue weighted by atomic mass is 10.3. The average molecular weight is 271 g/mol. The number of hydrogen-bond donors (Lipinski definition) is 2. The van der Waals surface area contributed by atoms with Crippen molar-refractivity contribution < 1.29 is 4.79 Å². The highest BCUT2D eigenvalue weighted by atomic mass is 35.5. The van der Waals surface area contributed by atoms with Crippen LogP contribution in [0.3, 0.4) is 0 Å². The highest BCUT2D eigenvalue weighted by Crippen LogP contribution is 2.28. The van der Waals surface area contributed by atoms with Crippen LogP contribution in [0, 0.1) is 12.8 Å². The molecule has 0 spiro atoms. The largest absolute Gasteiger partial charge is 0.355 e. The minimum Gasteiger partial charge on any atom is -0.355 e. The Labute approximate surface area is 112 Å². The molecule has 1 amide bonds. The molecule has 1 saturated carbocycles. The van der Waals surface area contributed by atoms with Gasteiger partial charge in [-0.3, -0.25) is 9.48 Å². The summed E-state index contributed by atoms with van der Waals surface area (Å²) in [5.41, 5.74) is 1.82. The van der Waals surface area contributed by atoms with E-state index in [1.54, 1.807) is 4.68 Å². The number of aromatic nitrogens is 2. The van der Waals surface area contributed by atoms with Crippen molar-refractivity contribution >= 4 is 17.5 Å². The second kappa shape index (κ2) is 5.71. The third-order valence-electron chi connectivity index (χ3n) is 3.10. The zero-order valence-electron chi connectivity index (χ0n) is 10.8. The van der Waals surface area contributed by atoms with E-state index in [0.29, 0.717) is 18.1 Å². The molecule has 0 aromatic carbocycles. The predicted molar refractivity (Wildman–Crippen MR) is 70.4 cm³/mol. The molecule has 0 atom stereocenters. The normalized spacial score (nSPS) is 14.8. The molecule has 0 aliphatic heterocycles. The SMILES string of the molecule is Cc1nn(C)c(CNCCNC(=O)C2CC2)c1Cl. The van der Waals surface area contributed by atoms with Crippen LogP contribution in [0.15, 0.2) is 0 Å². The molecule has 18 heavy (non-hydrogen) atoms. The summed E-state index contributed by atoms with van der Waals surface area (Å²) in [7, 11) is 1.88. The maximum atomic E-state index is 11.4. The molecule has 1 aliphatic rings. The Bertz CT molecular complexity index is 440. The van der Waals surface area contributed by atoms with E-state index in [9.17, 15) is 4.79 Å². The molecule has 6 heteroatoms. The van der Waals surface area contributed by atoms with Crippen molar-refractivity contribution in [2.75, 3.05) is 13.1 Å². The molecule has 1 aromatic rings. The van der Waals surface area contributed by atoms with Gasteiger partial charge in [0.15, 0.2) is 0 Å². The van der Waals surface area contributed by atoms with Crippen LogP contribution >= 0.6 is 11.6 Å². The Morgan fingerprint density at radius 2 is 2.22 bits per heavy atom. The first-order valence-corrected chi connectivity index (χ1v) is 6.63. The van der Waals surface area contributed by atoms with Crippen LogP contribution in [0.4, 0.5) is 0 Å². The van der Waals surface area contributed by atoms with Gasteiger partial charge in [0, 0.05) is 32.6 Å². The molecule has 0 bridgehead atoms. The highest BCUT2D eigenvalue weighted by Gasteiger charge is 2.28. The number of carbonyl (C=O) groups is 1. The molecule has 2 N–H and O–H groups in total. The van der Waals surface area contributed by atoms with Crippen LogP contribution < -0.4 is 10.6 Å². The van der Waals surface area contributed by atoms with Crippen LogP contribution in [-0.4, -0.2) is 28.8 Å². The summed E-state index contributed by atoms with van der Waals surface area (Å²) in [5, 5.41) is 11.1. The summed E-state index contributed by atoms with van der Waals surface area (Å²) in [4.78, 5) is 11.4. The van der Waals surface area contributed by atoms with E-state index >= 15 is 0 Å². The zero-order valence-corrected chi connectivity index (χ0v) is 11.5. The standard InChI is InChI=1S/C12H19ClN4O/c1-8-11(13)10(17(2)16-8)7-14-5-6-15-12(18)9-3-4-9/h9,14H,3-7H2,1-2H3,(H,15,18). The lowest BCUT2D eigenvalue weighted by molar-refractivity contribution is -0.122. The van der Waals surface area contributed by atoms with Gasteiger partial charge in [-0.1, -0.05) is 11.6 Å². The third-order valence-corrected chi connectivity index (χ3v) is 3.59. The Hall–Kier alpha value is -1.07. The van der Waals surface area contributed by atoms with Gasteiger partial charge in [-0.05, 0) is 19.8 Å². The van der Waals surface area contributed by atoms with Crippen molar-refractivity contribution in [1.82, 2.24) is 20.4 Å². The fourth-order valence-electron chi connectivity index (χ4n) is 1.84. The molecule has 0 saturated heterocycles. The summed E-state index contributed by atoms with van der Waals surface area (Å²) < 4.78 is 1.79. The van der Waals surface area contributed by atoms with E-state index in [0.717, 1.165) is 30.8 Å². The van der Waals surface area contributed by atoms with Crippen molar-refractivity contribution in [3.8, 4) is 0 Å². The predicted octanol–water partition coefficient (Wildman–Crippen LogP) is 0.998. The summed E-state index contributed by atoms with van der Waals surface area (Å²) >= 11 is 6.13. The fourth-order valence-corrected chi connectivity index (χ4v) is 2.07. The molecule has 1 aliphatic carbocycles. The zero-order chi connectivity index (χ0) is 13.1. The number of hydrogen-bond acceptors (Lipinski definition) is 3. The maximum Gasteiger partial charge on any atom is 0.223 e. The topological polar surface area (TPSA) is 59.0 Å². The smallest absolute Gasteiger partial charge is 0.223 e. The van der Waals surface area contributed by atoms with Gasteiger partial charge in [0.25, 0.3) is 0 Å². The van der Waals surface area contributed by atoms with Crippen molar-refractivity contribution in [3.63, 3.8) is 0 Å². The van der Waals surface area contributed by atoms with Crippen molar-refractivity contribution in [2.24, 2.45) is 13.0 Å². The molecule has 0 unspecified atom stereocenters. The Balaban J connectivity index is 1.67. The van der Waals surface area contributed by atoms with Crippen LogP contribution in [0.2, 0.25) is 5.02 Å². The van der Waals surface area contributed by atoms with Gasteiger partial charge in [-0.2, -0.15) is 5.10 Å². The first-order chi connectivity index (χ1) is 8.59. The summed E-state index contributed by atoms with van der Waals surface area (Å²) in [6, 6.07) is 0. The van der Waals surface area contributed by atoms with Gasteiger partial charge in [-0.15, -0.1) is 0 Å². The van der Waals surface area contributed by atoms with Crippen molar-refractivity contribution in [1.29, 1.82) is 0 Å². The molecule has 0 radical (unpaired) electrons. The average Bonchev–Trinajstić information content (AvgIpc) is 3.12. The lowest BCUT2D eigenvalue weighted by Gasteiger charge is -2.07. The summed E-state index contributed by atoms with van der Waals surface area (Å²) in [6.45, 7) is 3.94. The molecular formula is C12H19ClN4O. The molecule has 2 rings (SSSR count). The maximum absolute atomic E-state index is 11.4. The highest BCUT2D eigenvalue weighted by molar-refractivity contribution is 6.31. The van der Waals surface area contributed by atoms with Gasteiger partial charge < -0.3 is 10.6 Å². The lowest BCUT2D eigenvalue weighted by Crippen LogP contribution is -2.32. The van der Waals surface area contributed by atoms with Gasteiger partial charge >= 0.3 is 0 Å². The first-order valence-electron chi connectivity index (χ1n) is 6.26. The van der Waals surface area contributed by atoms with E-state index in [-0.39, 0.29) is 11.8 Å². The summed E-state index contributed by atoms with van der Waals surface area (Å²) in [6.07, 6.45) is 2.09. The molecule has 5 nitrogen and oxygen atoms in total. The van der Waals surface area contributed by atoms with Crippen molar-refractivity contribution in [3.05, 3.63) is 16.4 Å². The van der Waals surface area contributed by atoms with Crippen LogP contribution in [0.1, 0.15) is 24.2 Å². The number of nitrogens with zero attached hydrogens (tertiary/aromatic N) is 2. The van der Waals surface area contributed by atoms with E-state index in [2.05, 4.69) is 15.7 Å². The minimum absolute atomic E-state index is 0.186. The fraction of sp³-hybridized carbons (Fsp3) is 0.667. The monoisotopic (exact) mass is 270 g/mol. The number of aryl methyl sites for hydroxylation is 2. The van der Waals surface area contributed by atoms with E-state index in [1.807, 2.05) is 14.0 Å². The van der Waals surface area contributed by atoms with Gasteiger partial charge in [0.05, 0.1) is 16.4 Å². The molecular weight excluding hydrogens is 252 g/mol. The van der Waals surface area contributed by atoms with Gasteiger partial charge in [0.2, 0.25) is 5.91 Å². The summed E-state index contributed by atoms with van der Waals surface area (Å²) in [5.74, 6) is 0.463. The Kier molecular flexibility index (Phi) is 4.24.